The third-order valence-electron chi connectivity index (χ3n) is 3.49. The minimum absolute atomic E-state index is 0.0288. The summed E-state index contributed by atoms with van der Waals surface area (Å²) in [5, 5.41) is 7.98. The summed E-state index contributed by atoms with van der Waals surface area (Å²) in [6, 6.07) is 4.44. The number of hydrogen-bond donors (Lipinski definition) is 1. The van der Waals surface area contributed by atoms with E-state index in [1.54, 1.807) is 29.3 Å². The maximum atomic E-state index is 13.7. The molecule has 2 aromatic heterocycles. The Morgan fingerprint density at radius 1 is 1.08 bits per heavy atom. The minimum Gasteiger partial charge on any atom is -0.327 e. The van der Waals surface area contributed by atoms with Crippen LogP contribution in [0.3, 0.4) is 0 Å². The number of halogens is 3. The quantitative estimate of drug-likeness (QED) is 0.727. The first-order valence-corrected chi connectivity index (χ1v) is 7.23. The fourth-order valence-corrected chi connectivity index (χ4v) is 2.35. The third-order valence-corrected chi connectivity index (χ3v) is 3.49. The van der Waals surface area contributed by atoms with Crippen LogP contribution >= 0.6 is 0 Å². The van der Waals surface area contributed by atoms with Crippen LogP contribution in [-0.2, 0) is 12.8 Å². The number of pyridine rings is 1. The summed E-state index contributed by atoms with van der Waals surface area (Å²) in [4.78, 5) is 3.99. The highest BCUT2D eigenvalue weighted by Gasteiger charge is 2.15. The van der Waals surface area contributed by atoms with E-state index in [4.69, 9.17) is 5.73 Å². The Balaban J connectivity index is 1.69. The Kier molecular flexibility index (Phi) is 4.57. The van der Waals surface area contributed by atoms with Crippen LogP contribution in [0.2, 0.25) is 0 Å². The average molecular weight is 333 g/mol. The molecular formula is C16H14F3N5. The van der Waals surface area contributed by atoms with Crippen LogP contribution in [0.25, 0.3) is 5.69 Å². The van der Waals surface area contributed by atoms with Gasteiger partial charge in [0.05, 0.1) is 23.8 Å². The molecule has 0 fully saturated rings. The van der Waals surface area contributed by atoms with Crippen LogP contribution in [0.1, 0.15) is 11.3 Å². The standard InChI is InChI=1S/C16H14F3N5/c17-14-7-16(19)15(18)5-10(14)4-11(20)6-12-9-24(23-22-12)13-2-1-3-21-8-13/h1-3,5,7-9,11H,4,6,20H2/t11-/m1/s1. The van der Waals surface area contributed by atoms with E-state index >= 15 is 0 Å². The largest absolute Gasteiger partial charge is 0.327 e. The SMILES string of the molecule is N[C@@H](Cc1cn(-c2cccnc2)nn1)Cc1cc(F)c(F)cc1F. The molecule has 0 saturated carbocycles. The van der Waals surface area contributed by atoms with Crippen LogP contribution in [0.15, 0.2) is 42.9 Å². The lowest BCUT2D eigenvalue weighted by molar-refractivity contribution is 0.486. The molecule has 2 heterocycles. The van der Waals surface area contributed by atoms with Crippen molar-refractivity contribution in [2.75, 3.05) is 0 Å². The molecule has 1 atom stereocenters. The van der Waals surface area contributed by atoms with Gasteiger partial charge in [0.1, 0.15) is 5.82 Å². The van der Waals surface area contributed by atoms with Gasteiger partial charge >= 0.3 is 0 Å². The van der Waals surface area contributed by atoms with Gasteiger partial charge in [0.2, 0.25) is 0 Å². The molecule has 3 aromatic rings. The molecule has 0 saturated heterocycles. The highest BCUT2D eigenvalue weighted by atomic mass is 19.2. The molecule has 3 rings (SSSR count). The van der Waals surface area contributed by atoms with Crippen LogP contribution < -0.4 is 5.73 Å². The second kappa shape index (κ2) is 6.79. The number of hydrogen-bond acceptors (Lipinski definition) is 4. The first kappa shape index (κ1) is 16.1. The van der Waals surface area contributed by atoms with Crippen molar-refractivity contribution >= 4 is 0 Å². The molecule has 124 valence electrons. The second-order valence-electron chi connectivity index (χ2n) is 5.39. The van der Waals surface area contributed by atoms with Gasteiger partial charge in [-0.05, 0) is 30.2 Å². The number of benzene rings is 1. The number of aromatic nitrogens is 4. The third kappa shape index (κ3) is 3.60. The van der Waals surface area contributed by atoms with Crippen molar-refractivity contribution in [3.63, 3.8) is 0 Å². The monoisotopic (exact) mass is 333 g/mol. The Hall–Kier alpha value is -2.74. The zero-order valence-electron chi connectivity index (χ0n) is 12.5. The van der Waals surface area contributed by atoms with Crippen LogP contribution in [0, 0.1) is 17.5 Å². The van der Waals surface area contributed by atoms with Crippen molar-refractivity contribution in [3.8, 4) is 5.69 Å². The van der Waals surface area contributed by atoms with Gasteiger partial charge < -0.3 is 5.73 Å². The Morgan fingerprint density at radius 3 is 2.62 bits per heavy atom. The molecule has 0 unspecified atom stereocenters. The van der Waals surface area contributed by atoms with Crippen molar-refractivity contribution in [1.29, 1.82) is 0 Å². The predicted octanol–water partition coefficient (Wildman–Crippen LogP) is 2.19. The van der Waals surface area contributed by atoms with E-state index in [2.05, 4.69) is 15.3 Å². The van der Waals surface area contributed by atoms with Crippen molar-refractivity contribution in [3.05, 3.63) is 71.6 Å². The lowest BCUT2D eigenvalue weighted by atomic mass is 10.0. The number of nitrogens with two attached hydrogens (primary N) is 1. The summed E-state index contributed by atoms with van der Waals surface area (Å²) in [5.74, 6) is -3.13. The maximum absolute atomic E-state index is 13.7. The summed E-state index contributed by atoms with van der Waals surface area (Å²) in [5.41, 5.74) is 7.35. The molecule has 0 aliphatic carbocycles. The summed E-state index contributed by atoms with van der Waals surface area (Å²) < 4.78 is 41.4. The number of nitrogens with zero attached hydrogens (tertiary/aromatic N) is 4. The van der Waals surface area contributed by atoms with Crippen molar-refractivity contribution in [1.82, 2.24) is 20.0 Å². The Labute approximate surface area is 135 Å². The van der Waals surface area contributed by atoms with Gasteiger partial charge in [-0.3, -0.25) is 4.98 Å². The van der Waals surface area contributed by atoms with Gasteiger partial charge in [0.25, 0.3) is 0 Å². The summed E-state index contributed by atoms with van der Waals surface area (Å²) in [6.45, 7) is 0. The van der Waals surface area contributed by atoms with Gasteiger partial charge in [-0.1, -0.05) is 5.21 Å². The summed E-state index contributed by atoms with van der Waals surface area (Å²) in [6.07, 6.45) is 5.35. The normalized spacial score (nSPS) is 12.3. The average Bonchev–Trinajstić information content (AvgIpc) is 3.02. The molecule has 0 bridgehead atoms. The van der Waals surface area contributed by atoms with E-state index < -0.39 is 23.5 Å². The van der Waals surface area contributed by atoms with Crippen LogP contribution in [0.4, 0.5) is 13.2 Å². The van der Waals surface area contributed by atoms with Gasteiger partial charge in [0.15, 0.2) is 11.6 Å². The van der Waals surface area contributed by atoms with Crippen molar-refractivity contribution in [2.24, 2.45) is 5.73 Å². The zero-order valence-corrected chi connectivity index (χ0v) is 12.5. The Morgan fingerprint density at radius 2 is 1.88 bits per heavy atom. The first-order valence-electron chi connectivity index (χ1n) is 7.23. The smallest absolute Gasteiger partial charge is 0.161 e. The summed E-state index contributed by atoms with van der Waals surface area (Å²) >= 11 is 0. The molecule has 0 amide bonds. The maximum Gasteiger partial charge on any atom is 0.161 e. The zero-order chi connectivity index (χ0) is 17.1. The molecule has 0 spiro atoms. The van der Waals surface area contributed by atoms with Crippen LogP contribution in [0.5, 0.6) is 0 Å². The first-order chi connectivity index (χ1) is 11.5. The van der Waals surface area contributed by atoms with E-state index in [-0.39, 0.29) is 12.0 Å². The van der Waals surface area contributed by atoms with Gasteiger partial charge in [-0.25, -0.2) is 17.9 Å². The molecule has 0 aliphatic heterocycles. The van der Waals surface area contributed by atoms with E-state index in [0.717, 1.165) is 11.8 Å². The molecule has 0 radical (unpaired) electrons. The highest BCUT2D eigenvalue weighted by Crippen LogP contribution is 2.16. The van der Waals surface area contributed by atoms with Crippen LogP contribution in [-0.4, -0.2) is 26.0 Å². The number of rotatable bonds is 5. The molecule has 24 heavy (non-hydrogen) atoms. The lowest BCUT2D eigenvalue weighted by Gasteiger charge is -2.11. The van der Waals surface area contributed by atoms with E-state index in [1.165, 1.54) is 0 Å². The van der Waals surface area contributed by atoms with Crippen molar-refractivity contribution < 1.29 is 13.2 Å². The van der Waals surface area contributed by atoms with E-state index in [0.29, 0.717) is 18.2 Å². The molecule has 2 N–H and O–H groups in total. The topological polar surface area (TPSA) is 69.6 Å². The highest BCUT2D eigenvalue weighted by molar-refractivity contribution is 5.26. The summed E-state index contributed by atoms with van der Waals surface area (Å²) in [7, 11) is 0. The predicted molar refractivity (Wildman–Crippen MR) is 80.9 cm³/mol. The van der Waals surface area contributed by atoms with Gasteiger partial charge in [-0.2, -0.15) is 0 Å². The molecule has 0 aliphatic rings. The Bertz CT molecular complexity index is 835. The van der Waals surface area contributed by atoms with Gasteiger partial charge in [0, 0.05) is 24.7 Å². The fourth-order valence-electron chi connectivity index (χ4n) is 2.35. The van der Waals surface area contributed by atoms with E-state index in [1.807, 2.05) is 6.07 Å². The molecule has 8 heteroatoms. The molecule has 5 nitrogen and oxygen atoms in total. The second-order valence-corrected chi connectivity index (χ2v) is 5.39. The molecular weight excluding hydrogens is 319 g/mol. The molecule has 1 aromatic carbocycles. The van der Waals surface area contributed by atoms with Crippen molar-refractivity contribution in [2.45, 2.75) is 18.9 Å². The minimum atomic E-state index is -1.22. The van der Waals surface area contributed by atoms with Gasteiger partial charge in [-0.15, -0.1) is 5.10 Å². The van der Waals surface area contributed by atoms with E-state index in [9.17, 15) is 13.2 Å². The lowest BCUT2D eigenvalue weighted by Crippen LogP contribution is -2.26. The fraction of sp³-hybridized carbons (Fsp3) is 0.188.